The molecule has 0 aliphatic rings. The fourth-order valence-electron chi connectivity index (χ4n) is 2.86. The predicted molar refractivity (Wildman–Crippen MR) is 101 cm³/mol. The van der Waals surface area contributed by atoms with Gasteiger partial charge in [0.2, 0.25) is 11.2 Å². The second kappa shape index (κ2) is 6.76. The largest absolute Gasteiger partial charge is 0.350 e. The summed E-state index contributed by atoms with van der Waals surface area (Å²) in [5.41, 5.74) is 3.84. The Hall–Kier alpha value is -2.93. The van der Waals surface area contributed by atoms with Gasteiger partial charge >= 0.3 is 0 Å². The minimum Gasteiger partial charge on any atom is -0.350 e. The molecule has 0 saturated carbocycles. The van der Waals surface area contributed by atoms with Crippen LogP contribution in [-0.2, 0) is 6.54 Å². The molecule has 7 nitrogen and oxygen atoms in total. The third kappa shape index (κ3) is 3.01. The summed E-state index contributed by atoms with van der Waals surface area (Å²) in [6, 6.07) is 9.96. The number of nitrogens with zero attached hydrogens (tertiary/aromatic N) is 6. The molecule has 1 aromatic carbocycles. The molecule has 0 spiro atoms. The molecular formula is C18H18ClN7. The number of nitrogens with one attached hydrogen (secondary N) is 1. The van der Waals surface area contributed by atoms with Crippen molar-refractivity contribution >= 4 is 23.2 Å². The lowest BCUT2D eigenvalue weighted by Gasteiger charge is -2.12. The van der Waals surface area contributed by atoms with Crippen molar-refractivity contribution in [1.29, 1.82) is 0 Å². The highest BCUT2D eigenvalue weighted by atomic mass is 35.5. The zero-order valence-corrected chi connectivity index (χ0v) is 15.2. The fraction of sp³-hybridized carbons (Fsp3) is 0.222. The van der Waals surface area contributed by atoms with Crippen molar-refractivity contribution in [1.82, 2.24) is 29.4 Å². The van der Waals surface area contributed by atoms with Crippen molar-refractivity contribution in [2.75, 3.05) is 5.32 Å². The van der Waals surface area contributed by atoms with Crippen LogP contribution in [0.1, 0.15) is 30.9 Å². The third-order valence-corrected chi connectivity index (χ3v) is 4.34. The highest BCUT2D eigenvalue weighted by Crippen LogP contribution is 2.22. The van der Waals surface area contributed by atoms with Gasteiger partial charge in [0, 0.05) is 24.5 Å². The monoisotopic (exact) mass is 367 g/mol. The summed E-state index contributed by atoms with van der Waals surface area (Å²) in [5, 5.41) is 12.3. The molecule has 4 aromatic rings. The van der Waals surface area contributed by atoms with Gasteiger partial charge in [-0.05, 0) is 35.2 Å². The quantitative estimate of drug-likeness (QED) is 0.582. The zero-order chi connectivity index (χ0) is 18.1. The number of para-hydroxylation sites is 1. The first-order valence-electron chi connectivity index (χ1n) is 8.36. The molecule has 0 fully saturated rings. The Balaban J connectivity index is 1.68. The lowest BCUT2D eigenvalue weighted by molar-refractivity contribution is 0.850. The highest BCUT2D eigenvalue weighted by molar-refractivity contribution is 6.28. The number of halogens is 1. The van der Waals surface area contributed by atoms with E-state index in [1.807, 2.05) is 47.4 Å². The van der Waals surface area contributed by atoms with Gasteiger partial charge in [-0.1, -0.05) is 32.0 Å². The van der Waals surface area contributed by atoms with Gasteiger partial charge in [-0.2, -0.15) is 24.7 Å². The Morgan fingerprint density at radius 2 is 1.96 bits per heavy atom. The lowest BCUT2D eigenvalue weighted by atomic mass is 10.1. The number of fused-ring (bicyclic) bond motifs is 1. The normalized spacial score (nSPS) is 11.4. The smallest absolute Gasteiger partial charge is 0.228 e. The minimum atomic E-state index is 0.197. The number of hydrogen-bond acceptors (Lipinski definition) is 5. The Bertz CT molecular complexity index is 1040. The molecule has 8 heteroatoms. The van der Waals surface area contributed by atoms with Crippen LogP contribution in [0.3, 0.4) is 0 Å². The van der Waals surface area contributed by atoms with Crippen molar-refractivity contribution < 1.29 is 0 Å². The summed E-state index contributed by atoms with van der Waals surface area (Å²) in [4.78, 5) is 8.63. The molecule has 0 unspecified atom stereocenters. The van der Waals surface area contributed by atoms with Gasteiger partial charge in [0.1, 0.15) is 0 Å². The summed E-state index contributed by atoms with van der Waals surface area (Å²) in [5.74, 6) is 0.856. The Labute approximate surface area is 155 Å². The second-order valence-corrected chi connectivity index (χ2v) is 6.58. The van der Waals surface area contributed by atoms with Gasteiger partial charge < -0.3 is 5.32 Å². The summed E-state index contributed by atoms with van der Waals surface area (Å²) in [7, 11) is 0. The molecule has 3 heterocycles. The Morgan fingerprint density at radius 1 is 1.12 bits per heavy atom. The van der Waals surface area contributed by atoms with E-state index in [-0.39, 0.29) is 5.28 Å². The standard InChI is InChI=1S/C18H18ClN7/c1-12(2)14-11-22-26-16(14)23-17(19)24-18(26)20-10-13-6-3-4-7-15(13)25-9-5-8-21-25/h3-9,11-12H,10H2,1-2H3,(H,20,23,24). The van der Waals surface area contributed by atoms with Crippen LogP contribution in [0.4, 0.5) is 5.95 Å². The number of aromatic nitrogens is 6. The van der Waals surface area contributed by atoms with Crippen LogP contribution in [0.25, 0.3) is 11.3 Å². The van der Waals surface area contributed by atoms with Gasteiger partial charge in [-0.25, -0.2) is 4.68 Å². The second-order valence-electron chi connectivity index (χ2n) is 6.24. The van der Waals surface area contributed by atoms with Gasteiger partial charge in [0.25, 0.3) is 0 Å². The van der Waals surface area contributed by atoms with Crippen molar-refractivity contribution in [2.24, 2.45) is 0 Å². The van der Waals surface area contributed by atoms with Crippen molar-refractivity contribution in [3.63, 3.8) is 0 Å². The summed E-state index contributed by atoms with van der Waals surface area (Å²) in [6.07, 6.45) is 5.49. The van der Waals surface area contributed by atoms with Gasteiger partial charge in [0.15, 0.2) is 5.65 Å². The minimum absolute atomic E-state index is 0.197. The van der Waals surface area contributed by atoms with E-state index >= 15 is 0 Å². The first kappa shape index (κ1) is 16.5. The van der Waals surface area contributed by atoms with Gasteiger partial charge in [-0.3, -0.25) is 0 Å². The SMILES string of the molecule is CC(C)c1cnn2c(NCc3ccccc3-n3cccn3)nc(Cl)nc12. The van der Waals surface area contributed by atoms with E-state index in [4.69, 9.17) is 11.6 Å². The number of benzene rings is 1. The first-order chi connectivity index (χ1) is 12.6. The van der Waals surface area contributed by atoms with E-state index in [1.54, 1.807) is 10.7 Å². The van der Waals surface area contributed by atoms with E-state index in [2.05, 4.69) is 39.3 Å². The first-order valence-corrected chi connectivity index (χ1v) is 8.74. The topological polar surface area (TPSA) is 72.9 Å². The Kier molecular flexibility index (Phi) is 4.30. The maximum atomic E-state index is 6.13. The predicted octanol–water partition coefficient (Wildman–Crippen LogP) is 3.70. The molecule has 0 radical (unpaired) electrons. The summed E-state index contributed by atoms with van der Waals surface area (Å²) >= 11 is 6.13. The molecule has 0 aliphatic heterocycles. The van der Waals surface area contributed by atoms with Crippen LogP contribution in [-0.4, -0.2) is 29.4 Å². The maximum absolute atomic E-state index is 6.13. The average Bonchev–Trinajstić information content (AvgIpc) is 3.29. The van der Waals surface area contributed by atoms with Crippen LogP contribution in [0.15, 0.2) is 48.9 Å². The van der Waals surface area contributed by atoms with Gasteiger partial charge in [0.05, 0.1) is 11.9 Å². The zero-order valence-electron chi connectivity index (χ0n) is 14.5. The van der Waals surface area contributed by atoms with E-state index in [1.165, 1.54) is 0 Å². The molecule has 132 valence electrons. The number of rotatable bonds is 5. The van der Waals surface area contributed by atoms with Crippen LogP contribution in [0.2, 0.25) is 5.28 Å². The fourth-order valence-corrected chi connectivity index (χ4v) is 3.02. The van der Waals surface area contributed by atoms with E-state index < -0.39 is 0 Å². The molecular weight excluding hydrogens is 350 g/mol. The molecule has 0 atom stereocenters. The maximum Gasteiger partial charge on any atom is 0.228 e. The van der Waals surface area contributed by atoms with E-state index in [9.17, 15) is 0 Å². The average molecular weight is 368 g/mol. The van der Waals surface area contributed by atoms with Crippen molar-refractivity contribution in [3.8, 4) is 5.69 Å². The number of hydrogen-bond donors (Lipinski definition) is 1. The molecule has 3 aromatic heterocycles. The van der Waals surface area contributed by atoms with E-state index in [0.717, 1.165) is 22.5 Å². The molecule has 0 saturated heterocycles. The van der Waals surface area contributed by atoms with Crippen LogP contribution in [0, 0.1) is 0 Å². The number of anilines is 1. The van der Waals surface area contributed by atoms with Crippen molar-refractivity contribution in [2.45, 2.75) is 26.3 Å². The molecule has 4 rings (SSSR count). The van der Waals surface area contributed by atoms with Crippen LogP contribution >= 0.6 is 11.6 Å². The molecule has 0 bridgehead atoms. The molecule has 0 aliphatic carbocycles. The molecule has 0 amide bonds. The van der Waals surface area contributed by atoms with Crippen LogP contribution < -0.4 is 5.32 Å². The van der Waals surface area contributed by atoms with Crippen LogP contribution in [0.5, 0.6) is 0 Å². The highest BCUT2D eigenvalue weighted by Gasteiger charge is 2.15. The van der Waals surface area contributed by atoms with E-state index in [0.29, 0.717) is 18.4 Å². The Morgan fingerprint density at radius 3 is 2.73 bits per heavy atom. The third-order valence-electron chi connectivity index (χ3n) is 4.17. The van der Waals surface area contributed by atoms with Crippen molar-refractivity contribution in [3.05, 3.63) is 65.3 Å². The summed E-state index contributed by atoms with van der Waals surface area (Å²) in [6.45, 7) is 4.75. The van der Waals surface area contributed by atoms with Gasteiger partial charge in [-0.15, -0.1) is 0 Å². The summed E-state index contributed by atoms with van der Waals surface area (Å²) < 4.78 is 3.53. The lowest BCUT2D eigenvalue weighted by Crippen LogP contribution is -2.11. The molecule has 1 N–H and O–H groups in total. The molecule has 26 heavy (non-hydrogen) atoms.